The Morgan fingerprint density at radius 3 is 2.75 bits per heavy atom. The number of hydrogen-bond acceptors (Lipinski definition) is 7. The fourth-order valence-electron chi connectivity index (χ4n) is 4.71. The number of carbonyl (C=O) groups is 1. The van der Waals surface area contributed by atoms with Crippen LogP contribution in [0.25, 0.3) is 0 Å². The van der Waals surface area contributed by atoms with Crippen LogP contribution in [0.15, 0.2) is 36.4 Å². The van der Waals surface area contributed by atoms with Crippen LogP contribution in [0.5, 0.6) is 17.2 Å². The molecule has 0 radical (unpaired) electrons. The number of hydrogen-bond donors (Lipinski definition) is 0. The predicted molar refractivity (Wildman–Crippen MR) is 121 cm³/mol. The monoisotopic (exact) mass is 440 g/mol. The molecular formula is C25H32N2O5. The highest BCUT2D eigenvalue weighted by molar-refractivity contribution is 5.76. The molecule has 0 bridgehead atoms. The lowest BCUT2D eigenvalue weighted by Gasteiger charge is -2.23. The molecule has 2 aromatic rings. The van der Waals surface area contributed by atoms with Crippen LogP contribution in [0.4, 0.5) is 0 Å². The van der Waals surface area contributed by atoms with Gasteiger partial charge < -0.3 is 18.9 Å². The third-order valence-corrected chi connectivity index (χ3v) is 6.28. The van der Waals surface area contributed by atoms with Gasteiger partial charge in [0.15, 0.2) is 11.5 Å². The molecule has 0 unspecified atom stereocenters. The second-order valence-electron chi connectivity index (χ2n) is 8.31. The zero-order valence-electron chi connectivity index (χ0n) is 19.1. The van der Waals surface area contributed by atoms with Crippen molar-refractivity contribution in [1.82, 2.24) is 9.80 Å². The van der Waals surface area contributed by atoms with Crippen molar-refractivity contribution >= 4 is 5.97 Å². The molecule has 0 N–H and O–H groups in total. The normalized spacial score (nSPS) is 19.0. The number of para-hydroxylation sites is 1. The first-order valence-electron chi connectivity index (χ1n) is 11.1. The molecule has 7 heteroatoms. The standard InChI is InChI=1S/C25H32N2O5/c1-29-23-8-4-6-19(24(23)30-2)16-26-12-13-32-22-10-9-18(14-20(22)17-26)15-27-11-5-7-21(27)25(28)31-3/h4,6,8-10,14,21H,5,7,11-13,15-17H2,1-3H3/t21-/m0/s1. The van der Waals surface area contributed by atoms with Crippen molar-refractivity contribution in [3.8, 4) is 17.2 Å². The summed E-state index contributed by atoms with van der Waals surface area (Å²) in [6.45, 7) is 4.62. The maximum absolute atomic E-state index is 12.1. The van der Waals surface area contributed by atoms with Gasteiger partial charge in [-0.3, -0.25) is 14.6 Å². The summed E-state index contributed by atoms with van der Waals surface area (Å²) in [5.74, 6) is 2.31. The van der Waals surface area contributed by atoms with Gasteiger partial charge in [-0.25, -0.2) is 0 Å². The summed E-state index contributed by atoms with van der Waals surface area (Å²) in [6.07, 6.45) is 1.88. The van der Waals surface area contributed by atoms with Crippen LogP contribution < -0.4 is 14.2 Å². The first kappa shape index (κ1) is 22.4. The Balaban J connectivity index is 1.50. The molecule has 0 aromatic heterocycles. The SMILES string of the molecule is COC(=O)[C@@H]1CCCN1Cc1ccc2c(c1)CN(Cc1cccc(OC)c1OC)CCO2. The third kappa shape index (κ3) is 4.84. The van der Waals surface area contributed by atoms with E-state index in [0.29, 0.717) is 6.61 Å². The predicted octanol–water partition coefficient (Wildman–Crippen LogP) is 3.24. The molecule has 7 nitrogen and oxygen atoms in total. The highest BCUT2D eigenvalue weighted by Crippen LogP contribution is 2.33. The quantitative estimate of drug-likeness (QED) is 0.613. The lowest BCUT2D eigenvalue weighted by Crippen LogP contribution is -2.36. The Morgan fingerprint density at radius 1 is 1.09 bits per heavy atom. The number of methoxy groups -OCH3 is 3. The van der Waals surface area contributed by atoms with E-state index in [4.69, 9.17) is 18.9 Å². The first-order chi connectivity index (χ1) is 15.6. The van der Waals surface area contributed by atoms with Crippen molar-refractivity contribution in [2.45, 2.75) is 38.5 Å². The molecule has 0 aliphatic carbocycles. The molecule has 0 saturated carbocycles. The molecule has 2 heterocycles. The molecule has 4 rings (SSSR count). The number of rotatable bonds is 7. The molecule has 172 valence electrons. The summed E-state index contributed by atoms with van der Waals surface area (Å²) < 4.78 is 22.1. The zero-order valence-corrected chi connectivity index (χ0v) is 19.1. The summed E-state index contributed by atoms with van der Waals surface area (Å²) in [6, 6.07) is 12.2. The van der Waals surface area contributed by atoms with Crippen LogP contribution in [0.2, 0.25) is 0 Å². The third-order valence-electron chi connectivity index (χ3n) is 6.28. The fraction of sp³-hybridized carbons (Fsp3) is 0.480. The van der Waals surface area contributed by atoms with Crippen LogP contribution in [0.3, 0.4) is 0 Å². The highest BCUT2D eigenvalue weighted by Gasteiger charge is 2.31. The summed E-state index contributed by atoms with van der Waals surface area (Å²) in [5.41, 5.74) is 3.43. The average molecular weight is 441 g/mol. The van der Waals surface area contributed by atoms with Crippen molar-refractivity contribution in [3.63, 3.8) is 0 Å². The number of benzene rings is 2. The molecule has 2 aromatic carbocycles. The average Bonchev–Trinajstić information content (AvgIpc) is 3.17. The number of carbonyl (C=O) groups excluding carboxylic acids is 1. The maximum atomic E-state index is 12.1. The summed E-state index contributed by atoms with van der Waals surface area (Å²) >= 11 is 0. The molecule has 1 saturated heterocycles. The zero-order chi connectivity index (χ0) is 22.5. The second-order valence-corrected chi connectivity index (χ2v) is 8.31. The van der Waals surface area contributed by atoms with Crippen LogP contribution in [0.1, 0.15) is 29.5 Å². The van der Waals surface area contributed by atoms with Crippen LogP contribution >= 0.6 is 0 Å². The molecule has 1 fully saturated rings. The largest absolute Gasteiger partial charge is 0.493 e. The highest BCUT2D eigenvalue weighted by atomic mass is 16.5. The molecule has 0 spiro atoms. The first-order valence-corrected chi connectivity index (χ1v) is 11.1. The van der Waals surface area contributed by atoms with Crippen LogP contribution in [-0.2, 0) is 29.2 Å². The van der Waals surface area contributed by atoms with Crippen molar-refractivity contribution in [1.29, 1.82) is 0 Å². The van der Waals surface area contributed by atoms with E-state index >= 15 is 0 Å². The summed E-state index contributed by atoms with van der Waals surface area (Å²) in [4.78, 5) is 16.7. The van der Waals surface area contributed by atoms with E-state index in [0.717, 1.165) is 73.9 Å². The topological polar surface area (TPSA) is 60.5 Å². The lowest BCUT2D eigenvalue weighted by atomic mass is 10.1. The van der Waals surface area contributed by atoms with Crippen LogP contribution in [0, 0.1) is 0 Å². The molecule has 32 heavy (non-hydrogen) atoms. The smallest absolute Gasteiger partial charge is 0.323 e. The van der Waals surface area contributed by atoms with Gasteiger partial charge in [-0.2, -0.15) is 0 Å². The molecule has 1 atom stereocenters. The van der Waals surface area contributed by atoms with E-state index in [1.807, 2.05) is 12.1 Å². The van der Waals surface area contributed by atoms with E-state index < -0.39 is 0 Å². The minimum Gasteiger partial charge on any atom is -0.493 e. The second kappa shape index (κ2) is 10.2. The molecule has 0 amide bonds. The lowest BCUT2D eigenvalue weighted by molar-refractivity contribution is -0.146. The van der Waals surface area contributed by atoms with E-state index in [2.05, 4.69) is 34.1 Å². The molecule has 2 aliphatic rings. The summed E-state index contributed by atoms with van der Waals surface area (Å²) in [7, 11) is 4.79. The van der Waals surface area contributed by atoms with E-state index in [-0.39, 0.29) is 12.0 Å². The summed E-state index contributed by atoms with van der Waals surface area (Å²) in [5, 5.41) is 0. The van der Waals surface area contributed by atoms with E-state index in [1.54, 1.807) is 14.2 Å². The van der Waals surface area contributed by atoms with Gasteiger partial charge in [0.2, 0.25) is 0 Å². The van der Waals surface area contributed by atoms with Gasteiger partial charge in [-0.1, -0.05) is 18.2 Å². The Labute approximate surface area is 189 Å². The number of ether oxygens (including phenoxy) is 4. The van der Waals surface area contributed by atoms with E-state index in [9.17, 15) is 4.79 Å². The molecule has 2 aliphatic heterocycles. The van der Waals surface area contributed by atoms with Gasteiger partial charge in [0.1, 0.15) is 18.4 Å². The van der Waals surface area contributed by atoms with Crippen molar-refractivity contribution in [2.24, 2.45) is 0 Å². The van der Waals surface area contributed by atoms with Gasteiger partial charge in [-0.15, -0.1) is 0 Å². The number of esters is 1. The maximum Gasteiger partial charge on any atom is 0.323 e. The Kier molecular flexibility index (Phi) is 7.17. The number of fused-ring (bicyclic) bond motifs is 1. The van der Waals surface area contributed by atoms with Crippen molar-refractivity contribution < 1.29 is 23.7 Å². The van der Waals surface area contributed by atoms with Gasteiger partial charge in [0, 0.05) is 37.3 Å². The Morgan fingerprint density at radius 2 is 1.97 bits per heavy atom. The number of nitrogens with zero attached hydrogens (tertiary/aromatic N) is 2. The Hall–Kier alpha value is -2.77. The Bertz CT molecular complexity index is 948. The van der Waals surface area contributed by atoms with Crippen molar-refractivity contribution in [2.75, 3.05) is 41.0 Å². The minimum absolute atomic E-state index is 0.140. The van der Waals surface area contributed by atoms with Gasteiger partial charge in [0.05, 0.1) is 21.3 Å². The molecular weight excluding hydrogens is 408 g/mol. The fourth-order valence-corrected chi connectivity index (χ4v) is 4.71. The van der Waals surface area contributed by atoms with Gasteiger partial charge >= 0.3 is 5.97 Å². The van der Waals surface area contributed by atoms with Gasteiger partial charge in [-0.05, 0) is 43.1 Å². The van der Waals surface area contributed by atoms with E-state index in [1.165, 1.54) is 12.7 Å². The van der Waals surface area contributed by atoms with Crippen molar-refractivity contribution in [3.05, 3.63) is 53.1 Å². The number of likely N-dealkylation sites (tertiary alicyclic amines) is 1. The minimum atomic E-state index is -0.146. The van der Waals surface area contributed by atoms with Gasteiger partial charge in [0.25, 0.3) is 0 Å². The van der Waals surface area contributed by atoms with Crippen LogP contribution in [-0.4, -0.2) is 62.8 Å².